The van der Waals surface area contributed by atoms with E-state index in [-0.39, 0.29) is 35.8 Å². The molecule has 180 valence electrons. The monoisotopic (exact) mass is 475 g/mol. The van der Waals surface area contributed by atoms with Crippen LogP contribution in [0.1, 0.15) is 53.8 Å². The number of phenolic OH excluding ortho intramolecular Hbond substituents is 1. The smallest absolute Gasteiger partial charge is 0.433 e. The Bertz CT molecular complexity index is 937. The molecule has 3 N–H and O–H groups in total. The van der Waals surface area contributed by atoms with Crippen LogP contribution >= 0.6 is 0 Å². The summed E-state index contributed by atoms with van der Waals surface area (Å²) >= 11 is 0. The SMILES string of the molecule is O=C(NC1CCC(CCNc2cc(C(F)(F)F)nc(C(F)(F)F)c2)CC1)c1cccc(O)c1. The highest BCUT2D eigenvalue weighted by Gasteiger charge is 2.38. The summed E-state index contributed by atoms with van der Waals surface area (Å²) < 4.78 is 77.4. The van der Waals surface area contributed by atoms with Gasteiger partial charge in [0.15, 0.2) is 0 Å². The standard InChI is InChI=1S/C22H23F6N3O2/c23-21(24,25)18-11-16(12-19(31-18)22(26,27)28)29-9-8-13-4-6-15(7-5-13)30-20(33)14-2-1-3-17(32)10-14/h1-3,10-13,15,32H,4-9H2,(H,29,31)(H,30,33). The molecular formula is C22H23F6N3O2. The molecule has 1 aromatic carbocycles. The first-order chi connectivity index (χ1) is 15.4. The van der Waals surface area contributed by atoms with Crippen molar-refractivity contribution in [1.82, 2.24) is 10.3 Å². The van der Waals surface area contributed by atoms with Gasteiger partial charge in [0.2, 0.25) is 0 Å². The number of anilines is 1. The molecule has 1 fully saturated rings. The number of nitrogens with zero attached hydrogens (tertiary/aromatic N) is 1. The Morgan fingerprint density at radius 1 is 0.970 bits per heavy atom. The van der Waals surface area contributed by atoms with Crippen molar-refractivity contribution in [2.75, 3.05) is 11.9 Å². The molecular weight excluding hydrogens is 452 g/mol. The zero-order valence-electron chi connectivity index (χ0n) is 17.4. The quantitative estimate of drug-likeness (QED) is 0.475. The highest BCUT2D eigenvalue weighted by Crippen LogP contribution is 2.35. The maximum Gasteiger partial charge on any atom is 0.433 e. The van der Waals surface area contributed by atoms with Crippen LogP contribution in [0.25, 0.3) is 0 Å². The molecule has 0 spiro atoms. The van der Waals surface area contributed by atoms with Gasteiger partial charge in [0.1, 0.15) is 17.1 Å². The Hall–Kier alpha value is -2.98. The molecule has 0 atom stereocenters. The summed E-state index contributed by atoms with van der Waals surface area (Å²) in [5, 5.41) is 15.0. The number of phenols is 1. The van der Waals surface area contributed by atoms with Crippen LogP contribution in [-0.4, -0.2) is 28.6 Å². The lowest BCUT2D eigenvalue weighted by Crippen LogP contribution is -2.37. The van der Waals surface area contributed by atoms with Crippen molar-refractivity contribution in [2.45, 2.75) is 50.5 Å². The maximum absolute atomic E-state index is 12.9. The molecule has 0 saturated heterocycles. The molecule has 0 aliphatic heterocycles. The number of rotatable bonds is 6. The summed E-state index contributed by atoms with van der Waals surface area (Å²) in [6, 6.07) is 7.13. The Morgan fingerprint density at radius 2 is 1.58 bits per heavy atom. The average molecular weight is 475 g/mol. The highest BCUT2D eigenvalue weighted by atomic mass is 19.4. The summed E-state index contributed by atoms with van der Waals surface area (Å²) in [5.74, 6) is -0.0511. The van der Waals surface area contributed by atoms with Crippen molar-refractivity contribution in [1.29, 1.82) is 0 Å². The van der Waals surface area contributed by atoms with Gasteiger partial charge in [-0.25, -0.2) is 4.98 Å². The third-order valence-electron chi connectivity index (χ3n) is 5.58. The van der Waals surface area contributed by atoms with Crippen LogP contribution in [0.15, 0.2) is 36.4 Å². The van der Waals surface area contributed by atoms with E-state index in [1.807, 2.05) is 0 Å². The first-order valence-corrected chi connectivity index (χ1v) is 10.4. The second-order valence-corrected chi connectivity index (χ2v) is 8.08. The molecule has 1 saturated carbocycles. The Labute approximate surface area is 186 Å². The number of amides is 1. The van der Waals surface area contributed by atoms with Crippen LogP contribution in [0, 0.1) is 5.92 Å². The van der Waals surface area contributed by atoms with Crippen LogP contribution in [0.5, 0.6) is 5.75 Å². The Morgan fingerprint density at radius 3 is 2.12 bits per heavy atom. The lowest BCUT2D eigenvalue weighted by atomic mass is 9.84. The van der Waals surface area contributed by atoms with Gasteiger partial charge in [-0.1, -0.05) is 6.07 Å². The number of pyridine rings is 1. The fraction of sp³-hybridized carbons (Fsp3) is 0.455. The van der Waals surface area contributed by atoms with Crippen molar-refractivity contribution in [3.63, 3.8) is 0 Å². The molecule has 3 rings (SSSR count). The number of carbonyl (C=O) groups excluding carboxylic acids is 1. The molecule has 1 amide bonds. The van der Waals surface area contributed by atoms with Crippen molar-refractivity contribution in [3.05, 3.63) is 53.3 Å². The summed E-state index contributed by atoms with van der Waals surface area (Å²) in [6.07, 6.45) is -6.45. The molecule has 1 heterocycles. The number of benzene rings is 1. The lowest BCUT2D eigenvalue weighted by molar-refractivity contribution is -0.150. The minimum atomic E-state index is -4.99. The molecule has 5 nitrogen and oxygen atoms in total. The summed E-state index contributed by atoms with van der Waals surface area (Å²) in [6.45, 7) is 0.212. The van der Waals surface area contributed by atoms with Crippen molar-refractivity contribution >= 4 is 11.6 Å². The normalized spacial score (nSPS) is 19.2. The molecule has 2 aromatic rings. The summed E-state index contributed by atoms with van der Waals surface area (Å²) in [4.78, 5) is 15.0. The van der Waals surface area contributed by atoms with E-state index < -0.39 is 23.7 Å². The van der Waals surface area contributed by atoms with E-state index in [0.717, 1.165) is 12.8 Å². The number of hydrogen-bond donors (Lipinski definition) is 3. The largest absolute Gasteiger partial charge is 0.508 e. The first kappa shape index (κ1) is 24.7. The van der Waals surface area contributed by atoms with Crippen molar-refractivity contribution in [2.24, 2.45) is 5.92 Å². The molecule has 0 bridgehead atoms. The third-order valence-corrected chi connectivity index (χ3v) is 5.58. The van der Waals surface area contributed by atoms with Crippen LogP contribution in [0.2, 0.25) is 0 Å². The zero-order valence-corrected chi connectivity index (χ0v) is 17.4. The molecule has 1 aliphatic rings. The van der Waals surface area contributed by atoms with E-state index in [1.54, 1.807) is 12.1 Å². The minimum absolute atomic E-state index is 0.00207. The molecule has 0 unspecified atom stereocenters. The van der Waals surface area contributed by atoms with Gasteiger partial charge in [0, 0.05) is 23.8 Å². The van der Waals surface area contributed by atoms with Gasteiger partial charge < -0.3 is 15.7 Å². The second-order valence-electron chi connectivity index (χ2n) is 8.08. The van der Waals surface area contributed by atoms with E-state index in [4.69, 9.17) is 0 Å². The second kappa shape index (κ2) is 9.88. The average Bonchev–Trinajstić information content (AvgIpc) is 2.73. The van der Waals surface area contributed by atoms with Crippen LogP contribution in [-0.2, 0) is 12.4 Å². The lowest BCUT2D eigenvalue weighted by Gasteiger charge is -2.29. The maximum atomic E-state index is 12.9. The predicted molar refractivity (Wildman–Crippen MR) is 109 cm³/mol. The Balaban J connectivity index is 1.49. The van der Waals surface area contributed by atoms with Gasteiger partial charge in [-0.3, -0.25) is 4.79 Å². The number of nitrogens with one attached hydrogen (secondary N) is 2. The minimum Gasteiger partial charge on any atom is -0.508 e. The summed E-state index contributed by atoms with van der Waals surface area (Å²) in [7, 11) is 0. The number of halogens is 6. The van der Waals surface area contributed by atoms with Crippen LogP contribution < -0.4 is 10.6 Å². The number of aromatic hydroxyl groups is 1. The zero-order chi connectivity index (χ0) is 24.2. The van der Waals surface area contributed by atoms with Gasteiger partial charge in [0.05, 0.1) is 0 Å². The van der Waals surface area contributed by atoms with Gasteiger partial charge in [-0.05, 0) is 68.4 Å². The number of aromatic nitrogens is 1. The molecule has 1 aliphatic carbocycles. The van der Waals surface area contributed by atoms with Gasteiger partial charge in [0.25, 0.3) is 5.91 Å². The van der Waals surface area contributed by atoms with Crippen LogP contribution in [0.3, 0.4) is 0 Å². The van der Waals surface area contributed by atoms with Crippen molar-refractivity contribution < 1.29 is 36.2 Å². The van der Waals surface area contributed by atoms with E-state index in [9.17, 15) is 36.2 Å². The van der Waals surface area contributed by atoms with E-state index in [0.29, 0.717) is 37.0 Å². The fourth-order valence-electron chi connectivity index (χ4n) is 3.86. The van der Waals surface area contributed by atoms with E-state index in [1.165, 1.54) is 12.1 Å². The van der Waals surface area contributed by atoms with E-state index in [2.05, 4.69) is 15.6 Å². The summed E-state index contributed by atoms with van der Waals surface area (Å²) in [5.41, 5.74) is -3.11. The topological polar surface area (TPSA) is 74.2 Å². The van der Waals surface area contributed by atoms with Gasteiger partial charge in [-0.2, -0.15) is 26.3 Å². The first-order valence-electron chi connectivity index (χ1n) is 10.4. The number of hydrogen-bond acceptors (Lipinski definition) is 4. The molecule has 0 radical (unpaired) electrons. The fourth-order valence-corrected chi connectivity index (χ4v) is 3.86. The van der Waals surface area contributed by atoms with E-state index >= 15 is 0 Å². The molecule has 1 aromatic heterocycles. The highest BCUT2D eigenvalue weighted by molar-refractivity contribution is 5.94. The van der Waals surface area contributed by atoms with Crippen LogP contribution in [0.4, 0.5) is 32.0 Å². The predicted octanol–water partition coefficient (Wildman–Crippen LogP) is 5.62. The van der Waals surface area contributed by atoms with Gasteiger partial charge >= 0.3 is 12.4 Å². The van der Waals surface area contributed by atoms with Gasteiger partial charge in [-0.15, -0.1) is 0 Å². The number of carbonyl (C=O) groups is 1. The van der Waals surface area contributed by atoms with Crippen molar-refractivity contribution in [3.8, 4) is 5.75 Å². The Kier molecular flexibility index (Phi) is 7.38. The number of alkyl halides is 6. The third kappa shape index (κ3) is 7.00. The molecule has 11 heteroatoms. The molecule has 33 heavy (non-hydrogen) atoms.